The summed E-state index contributed by atoms with van der Waals surface area (Å²) in [5.41, 5.74) is 0. The van der Waals surface area contributed by atoms with Crippen LogP contribution in [0.2, 0.25) is 0 Å². The molecule has 21 heavy (non-hydrogen) atoms. The monoisotopic (exact) mass is 318 g/mol. The molecule has 0 amide bonds. The van der Waals surface area contributed by atoms with Gasteiger partial charge in [0.05, 0.1) is 13.2 Å². The van der Waals surface area contributed by atoms with Gasteiger partial charge >= 0.3 is 11.9 Å². The molecule has 0 heterocycles. The molecule has 0 bridgehead atoms. The van der Waals surface area contributed by atoms with E-state index in [4.69, 9.17) is 9.47 Å². The van der Waals surface area contributed by atoms with Gasteiger partial charge in [-0.15, -0.1) is 12.6 Å². The van der Waals surface area contributed by atoms with Crippen LogP contribution in [0.4, 0.5) is 0 Å². The maximum absolute atomic E-state index is 11.3. The van der Waals surface area contributed by atoms with Crippen molar-refractivity contribution in [3.05, 3.63) is 0 Å². The predicted molar refractivity (Wildman–Crippen MR) is 83.1 cm³/mol. The Morgan fingerprint density at radius 1 is 0.762 bits per heavy atom. The minimum Gasteiger partial charge on any atom is -0.466 e. The first-order valence-electron chi connectivity index (χ1n) is 7.59. The molecule has 0 saturated heterocycles. The first kappa shape index (κ1) is 20.0. The number of esters is 2. The number of hydrogen-bond donors (Lipinski definition) is 1. The quantitative estimate of drug-likeness (QED) is 0.321. The van der Waals surface area contributed by atoms with Gasteiger partial charge in [0.15, 0.2) is 5.12 Å². The molecule has 0 rings (SSSR count). The van der Waals surface area contributed by atoms with Crippen LogP contribution < -0.4 is 0 Å². The summed E-state index contributed by atoms with van der Waals surface area (Å²) >= 11 is 3.62. The summed E-state index contributed by atoms with van der Waals surface area (Å²) in [6.07, 6.45) is 5.66. The van der Waals surface area contributed by atoms with E-state index in [1.807, 2.05) is 6.92 Å². The number of carbonyl (C=O) groups excluding carboxylic acids is 3. The van der Waals surface area contributed by atoms with Crippen LogP contribution in [-0.2, 0) is 23.9 Å². The molecular formula is C15H26O5S. The lowest BCUT2D eigenvalue weighted by Crippen LogP contribution is -2.07. The van der Waals surface area contributed by atoms with Gasteiger partial charge in [-0.25, -0.2) is 0 Å². The second kappa shape index (κ2) is 13.9. The highest BCUT2D eigenvalue weighted by Gasteiger charge is 2.05. The number of hydrogen-bond acceptors (Lipinski definition) is 5. The number of carbonyl (C=O) groups is 3. The molecule has 0 aliphatic rings. The second-order valence-corrected chi connectivity index (χ2v) is 5.35. The number of rotatable bonds is 13. The van der Waals surface area contributed by atoms with Crippen molar-refractivity contribution in [1.82, 2.24) is 0 Å². The highest BCUT2D eigenvalue weighted by atomic mass is 32.1. The average molecular weight is 318 g/mol. The highest BCUT2D eigenvalue weighted by Crippen LogP contribution is 2.04. The Morgan fingerprint density at radius 2 is 1.33 bits per heavy atom. The number of unbranched alkanes of at least 4 members (excludes halogenated alkanes) is 3. The van der Waals surface area contributed by atoms with Crippen LogP contribution in [0.15, 0.2) is 0 Å². The number of thiol groups is 1. The SMILES string of the molecule is CCCCOC(=O)CCCCCOC(=O)CCCC(=O)S. The highest BCUT2D eigenvalue weighted by molar-refractivity contribution is 7.96. The molecular weight excluding hydrogens is 292 g/mol. The van der Waals surface area contributed by atoms with Crippen molar-refractivity contribution in [2.45, 2.75) is 64.7 Å². The van der Waals surface area contributed by atoms with E-state index in [1.54, 1.807) is 0 Å². The molecule has 0 radical (unpaired) electrons. The molecule has 6 heteroatoms. The Bertz CT molecular complexity index is 317. The second-order valence-electron chi connectivity index (χ2n) is 4.85. The van der Waals surface area contributed by atoms with Gasteiger partial charge in [-0.3, -0.25) is 14.4 Å². The normalized spacial score (nSPS) is 10.2. The van der Waals surface area contributed by atoms with Gasteiger partial charge in [0.25, 0.3) is 0 Å². The Balaban J connectivity index is 3.33. The zero-order chi connectivity index (χ0) is 15.9. The van der Waals surface area contributed by atoms with Gasteiger partial charge in [0, 0.05) is 19.3 Å². The van der Waals surface area contributed by atoms with Gasteiger partial charge in [0.2, 0.25) is 0 Å². The molecule has 0 spiro atoms. The molecule has 0 unspecified atom stereocenters. The summed E-state index contributed by atoms with van der Waals surface area (Å²) in [5.74, 6) is -0.444. The molecule has 0 aromatic heterocycles. The summed E-state index contributed by atoms with van der Waals surface area (Å²) in [6.45, 7) is 2.91. The third-order valence-corrected chi connectivity index (χ3v) is 3.04. The fourth-order valence-electron chi connectivity index (χ4n) is 1.59. The van der Waals surface area contributed by atoms with Gasteiger partial charge in [0.1, 0.15) is 0 Å². The Kier molecular flexibility index (Phi) is 13.2. The molecule has 0 N–H and O–H groups in total. The number of ether oxygens (including phenoxy) is 2. The summed E-state index contributed by atoms with van der Waals surface area (Å²) in [4.78, 5) is 33.1. The van der Waals surface area contributed by atoms with Crippen molar-refractivity contribution in [3.8, 4) is 0 Å². The summed E-state index contributed by atoms with van der Waals surface area (Å²) in [5, 5.41) is -0.214. The molecule has 122 valence electrons. The Labute approximate surface area is 132 Å². The first-order chi connectivity index (χ1) is 10.1. The summed E-state index contributed by atoms with van der Waals surface area (Å²) < 4.78 is 10.1. The van der Waals surface area contributed by atoms with E-state index in [1.165, 1.54) is 0 Å². The lowest BCUT2D eigenvalue weighted by molar-refractivity contribution is -0.145. The lowest BCUT2D eigenvalue weighted by Gasteiger charge is -2.05. The lowest BCUT2D eigenvalue weighted by atomic mass is 10.2. The zero-order valence-corrected chi connectivity index (χ0v) is 13.7. The van der Waals surface area contributed by atoms with Gasteiger partial charge in [-0.2, -0.15) is 0 Å². The van der Waals surface area contributed by atoms with Crippen LogP contribution in [0.5, 0.6) is 0 Å². The summed E-state index contributed by atoms with van der Waals surface area (Å²) in [6, 6.07) is 0. The van der Waals surface area contributed by atoms with Crippen LogP contribution in [0, 0.1) is 0 Å². The largest absolute Gasteiger partial charge is 0.466 e. The third-order valence-electron chi connectivity index (χ3n) is 2.82. The van der Waals surface area contributed by atoms with Crippen LogP contribution >= 0.6 is 12.6 Å². The van der Waals surface area contributed by atoms with E-state index >= 15 is 0 Å². The van der Waals surface area contributed by atoms with E-state index in [0.717, 1.165) is 32.1 Å². The Morgan fingerprint density at radius 3 is 1.90 bits per heavy atom. The van der Waals surface area contributed by atoms with Crippen molar-refractivity contribution in [3.63, 3.8) is 0 Å². The first-order valence-corrected chi connectivity index (χ1v) is 8.04. The zero-order valence-electron chi connectivity index (χ0n) is 12.8. The van der Waals surface area contributed by atoms with Crippen LogP contribution in [0.25, 0.3) is 0 Å². The standard InChI is InChI=1S/C15H26O5S/c1-2-3-11-19-13(16)8-5-4-6-12-20-14(17)9-7-10-15(18)21/h2-12H2,1H3,(H,18,21). The molecule has 0 aliphatic carbocycles. The molecule has 0 aliphatic heterocycles. The van der Waals surface area contributed by atoms with Crippen molar-refractivity contribution < 1.29 is 23.9 Å². The molecule has 0 aromatic carbocycles. The molecule has 5 nitrogen and oxygen atoms in total. The fraction of sp³-hybridized carbons (Fsp3) is 0.800. The maximum atomic E-state index is 11.3. The third kappa shape index (κ3) is 15.2. The van der Waals surface area contributed by atoms with E-state index in [-0.39, 0.29) is 23.5 Å². The van der Waals surface area contributed by atoms with Crippen LogP contribution in [0.1, 0.15) is 64.7 Å². The van der Waals surface area contributed by atoms with Crippen molar-refractivity contribution in [2.24, 2.45) is 0 Å². The summed E-state index contributed by atoms with van der Waals surface area (Å²) in [7, 11) is 0. The van der Waals surface area contributed by atoms with Gasteiger partial charge in [-0.05, 0) is 32.1 Å². The fourth-order valence-corrected chi connectivity index (χ4v) is 1.75. The van der Waals surface area contributed by atoms with E-state index in [2.05, 4.69) is 12.6 Å². The topological polar surface area (TPSA) is 69.7 Å². The van der Waals surface area contributed by atoms with Crippen molar-refractivity contribution in [1.29, 1.82) is 0 Å². The van der Waals surface area contributed by atoms with Gasteiger partial charge in [-0.1, -0.05) is 13.3 Å². The molecule has 0 fully saturated rings. The van der Waals surface area contributed by atoms with E-state index < -0.39 is 0 Å². The van der Waals surface area contributed by atoms with Gasteiger partial charge < -0.3 is 9.47 Å². The van der Waals surface area contributed by atoms with Crippen molar-refractivity contribution >= 4 is 29.7 Å². The van der Waals surface area contributed by atoms with Crippen LogP contribution in [0.3, 0.4) is 0 Å². The minimum atomic E-state index is -0.288. The van der Waals surface area contributed by atoms with E-state index in [9.17, 15) is 14.4 Å². The minimum absolute atomic E-state index is 0.156. The maximum Gasteiger partial charge on any atom is 0.305 e. The molecule has 0 saturated carbocycles. The van der Waals surface area contributed by atoms with Crippen molar-refractivity contribution in [2.75, 3.05) is 13.2 Å². The average Bonchev–Trinajstić information content (AvgIpc) is 2.42. The van der Waals surface area contributed by atoms with Crippen LogP contribution in [-0.4, -0.2) is 30.3 Å². The predicted octanol–water partition coefficient (Wildman–Crippen LogP) is 3.06. The smallest absolute Gasteiger partial charge is 0.305 e. The molecule has 0 atom stereocenters. The Hall–Kier alpha value is -1.04. The van der Waals surface area contributed by atoms with E-state index in [0.29, 0.717) is 32.5 Å². The molecule has 0 aromatic rings.